The summed E-state index contributed by atoms with van der Waals surface area (Å²) in [5.74, 6) is 0.577. The smallest absolute Gasteiger partial charge is 0.251 e. The van der Waals surface area contributed by atoms with Crippen molar-refractivity contribution in [3.63, 3.8) is 0 Å². The molecule has 0 radical (unpaired) electrons. The first-order valence-electron chi connectivity index (χ1n) is 8.10. The number of carbonyl (C=O) groups is 2. The van der Waals surface area contributed by atoms with E-state index in [1.165, 1.54) is 0 Å². The van der Waals surface area contributed by atoms with E-state index in [1.54, 1.807) is 31.2 Å². The normalized spacial score (nSPS) is 15.8. The molecular formula is C19H20N2O3. The second kappa shape index (κ2) is 7.17. The number of hydrogen-bond acceptors (Lipinski definition) is 3. The van der Waals surface area contributed by atoms with E-state index in [9.17, 15) is 9.59 Å². The summed E-state index contributed by atoms with van der Waals surface area (Å²) in [6.45, 7) is 2.36. The number of amides is 2. The molecule has 1 aliphatic rings. The molecule has 1 heterocycles. The maximum atomic E-state index is 12.6. The SMILES string of the molecule is CCC(=O)Nc1cccc(C(=O)N[C@H]2CCOc3ccccc32)c1. The summed E-state index contributed by atoms with van der Waals surface area (Å²) in [6, 6.07) is 14.6. The Labute approximate surface area is 141 Å². The highest BCUT2D eigenvalue weighted by Crippen LogP contribution is 2.31. The van der Waals surface area contributed by atoms with Crippen LogP contribution in [0.15, 0.2) is 48.5 Å². The highest BCUT2D eigenvalue weighted by molar-refractivity contribution is 5.97. The molecule has 0 fully saturated rings. The summed E-state index contributed by atoms with van der Waals surface area (Å²) < 4.78 is 5.62. The van der Waals surface area contributed by atoms with Crippen LogP contribution in [0.4, 0.5) is 5.69 Å². The van der Waals surface area contributed by atoms with Crippen molar-refractivity contribution in [2.75, 3.05) is 11.9 Å². The molecule has 0 aromatic heterocycles. The summed E-state index contributed by atoms with van der Waals surface area (Å²) in [6.07, 6.45) is 1.13. The van der Waals surface area contributed by atoms with Crippen LogP contribution in [0.25, 0.3) is 0 Å². The molecule has 2 amide bonds. The van der Waals surface area contributed by atoms with Gasteiger partial charge in [-0.3, -0.25) is 9.59 Å². The van der Waals surface area contributed by atoms with Gasteiger partial charge in [0.2, 0.25) is 5.91 Å². The van der Waals surface area contributed by atoms with Crippen molar-refractivity contribution in [2.45, 2.75) is 25.8 Å². The molecule has 2 aromatic carbocycles. The molecule has 2 N–H and O–H groups in total. The van der Waals surface area contributed by atoms with Crippen molar-refractivity contribution in [2.24, 2.45) is 0 Å². The molecule has 5 heteroatoms. The number of carbonyl (C=O) groups excluding carboxylic acids is 2. The monoisotopic (exact) mass is 324 g/mol. The van der Waals surface area contributed by atoms with Crippen LogP contribution < -0.4 is 15.4 Å². The average Bonchev–Trinajstić information content (AvgIpc) is 2.62. The van der Waals surface area contributed by atoms with E-state index in [2.05, 4.69) is 10.6 Å². The molecule has 24 heavy (non-hydrogen) atoms. The Morgan fingerprint density at radius 3 is 2.83 bits per heavy atom. The third-order valence-electron chi connectivity index (χ3n) is 3.99. The molecule has 1 aliphatic heterocycles. The summed E-state index contributed by atoms with van der Waals surface area (Å²) >= 11 is 0. The lowest BCUT2D eigenvalue weighted by molar-refractivity contribution is -0.115. The second-order valence-electron chi connectivity index (χ2n) is 5.68. The number of fused-ring (bicyclic) bond motifs is 1. The molecule has 2 aromatic rings. The van der Waals surface area contributed by atoms with Crippen molar-refractivity contribution in [1.82, 2.24) is 5.32 Å². The average molecular weight is 324 g/mol. The van der Waals surface area contributed by atoms with Crippen LogP contribution in [0.3, 0.4) is 0 Å². The van der Waals surface area contributed by atoms with E-state index in [1.807, 2.05) is 24.3 Å². The predicted octanol–water partition coefficient (Wildman–Crippen LogP) is 3.29. The standard InChI is InChI=1S/C19H20N2O3/c1-2-18(22)20-14-7-5-6-13(12-14)19(23)21-16-10-11-24-17-9-4-3-8-15(16)17/h3-9,12,16H,2,10-11H2,1H3,(H,20,22)(H,21,23)/t16-/m0/s1. The molecule has 3 rings (SSSR count). The first-order chi connectivity index (χ1) is 11.7. The minimum absolute atomic E-state index is 0.0728. The Kier molecular flexibility index (Phi) is 4.79. The molecule has 0 saturated heterocycles. The number of rotatable bonds is 4. The zero-order chi connectivity index (χ0) is 16.9. The van der Waals surface area contributed by atoms with Crippen molar-refractivity contribution in [3.8, 4) is 5.75 Å². The molecule has 0 unspecified atom stereocenters. The maximum Gasteiger partial charge on any atom is 0.251 e. The van der Waals surface area contributed by atoms with Gasteiger partial charge in [-0.05, 0) is 24.3 Å². The van der Waals surface area contributed by atoms with Gasteiger partial charge in [-0.15, -0.1) is 0 Å². The zero-order valence-corrected chi connectivity index (χ0v) is 13.5. The first-order valence-corrected chi connectivity index (χ1v) is 8.10. The Balaban J connectivity index is 1.74. The van der Waals surface area contributed by atoms with E-state index in [4.69, 9.17) is 4.74 Å². The fourth-order valence-electron chi connectivity index (χ4n) is 2.72. The number of anilines is 1. The Hall–Kier alpha value is -2.82. The van der Waals surface area contributed by atoms with E-state index in [-0.39, 0.29) is 17.9 Å². The minimum atomic E-state index is -0.163. The van der Waals surface area contributed by atoms with Gasteiger partial charge >= 0.3 is 0 Å². The highest BCUT2D eigenvalue weighted by Gasteiger charge is 2.23. The van der Waals surface area contributed by atoms with Gasteiger partial charge in [0.15, 0.2) is 0 Å². The molecule has 0 saturated carbocycles. The van der Waals surface area contributed by atoms with Gasteiger partial charge in [-0.1, -0.05) is 31.2 Å². The van der Waals surface area contributed by atoms with Crippen LogP contribution in [-0.2, 0) is 4.79 Å². The minimum Gasteiger partial charge on any atom is -0.493 e. The maximum absolute atomic E-state index is 12.6. The lowest BCUT2D eigenvalue weighted by Gasteiger charge is -2.26. The number of hydrogen-bond donors (Lipinski definition) is 2. The van der Waals surface area contributed by atoms with E-state index < -0.39 is 0 Å². The van der Waals surface area contributed by atoms with E-state index >= 15 is 0 Å². The fourth-order valence-corrected chi connectivity index (χ4v) is 2.72. The van der Waals surface area contributed by atoms with Crippen molar-refractivity contribution < 1.29 is 14.3 Å². The van der Waals surface area contributed by atoms with Crippen LogP contribution in [-0.4, -0.2) is 18.4 Å². The molecule has 0 aliphatic carbocycles. The van der Waals surface area contributed by atoms with Crippen LogP contribution in [0.1, 0.15) is 41.7 Å². The van der Waals surface area contributed by atoms with Crippen LogP contribution in [0.2, 0.25) is 0 Å². The van der Waals surface area contributed by atoms with Crippen LogP contribution >= 0.6 is 0 Å². The lowest BCUT2D eigenvalue weighted by Crippen LogP contribution is -2.32. The fraction of sp³-hybridized carbons (Fsp3) is 0.263. The zero-order valence-electron chi connectivity index (χ0n) is 13.5. The van der Waals surface area contributed by atoms with Gasteiger partial charge in [0.25, 0.3) is 5.91 Å². The largest absolute Gasteiger partial charge is 0.493 e. The van der Waals surface area contributed by atoms with Gasteiger partial charge in [0.1, 0.15) is 5.75 Å². The Bertz CT molecular complexity index is 758. The van der Waals surface area contributed by atoms with Crippen LogP contribution in [0, 0.1) is 0 Å². The lowest BCUT2D eigenvalue weighted by atomic mass is 10.00. The molecule has 1 atom stereocenters. The molecule has 124 valence electrons. The topological polar surface area (TPSA) is 67.4 Å². The van der Waals surface area contributed by atoms with Gasteiger partial charge in [0.05, 0.1) is 12.6 Å². The first kappa shape index (κ1) is 16.1. The predicted molar refractivity (Wildman–Crippen MR) is 92.1 cm³/mol. The molecular weight excluding hydrogens is 304 g/mol. The molecule has 0 spiro atoms. The third kappa shape index (κ3) is 3.56. The Morgan fingerprint density at radius 1 is 1.17 bits per heavy atom. The summed E-state index contributed by atoms with van der Waals surface area (Å²) in [5.41, 5.74) is 2.14. The Morgan fingerprint density at radius 2 is 2.00 bits per heavy atom. The number of para-hydroxylation sites is 1. The van der Waals surface area contributed by atoms with E-state index in [0.29, 0.717) is 24.3 Å². The van der Waals surface area contributed by atoms with Gasteiger partial charge in [-0.2, -0.15) is 0 Å². The third-order valence-corrected chi connectivity index (χ3v) is 3.99. The van der Waals surface area contributed by atoms with Gasteiger partial charge in [-0.25, -0.2) is 0 Å². The number of ether oxygens (including phenoxy) is 1. The molecule has 5 nitrogen and oxygen atoms in total. The van der Waals surface area contributed by atoms with Gasteiger partial charge < -0.3 is 15.4 Å². The van der Waals surface area contributed by atoms with Crippen molar-refractivity contribution >= 4 is 17.5 Å². The highest BCUT2D eigenvalue weighted by atomic mass is 16.5. The summed E-state index contributed by atoms with van der Waals surface area (Å²) in [4.78, 5) is 24.1. The van der Waals surface area contributed by atoms with Crippen LogP contribution in [0.5, 0.6) is 5.75 Å². The van der Waals surface area contributed by atoms with E-state index in [0.717, 1.165) is 17.7 Å². The quantitative estimate of drug-likeness (QED) is 0.907. The number of benzene rings is 2. The second-order valence-corrected chi connectivity index (χ2v) is 5.68. The molecule has 0 bridgehead atoms. The number of nitrogens with one attached hydrogen (secondary N) is 2. The van der Waals surface area contributed by atoms with Crippen molar-refractivity contribution in [1.29, 1.82) is 0 Å². The van der Waals surface area contributed by atoms with Crippen molar-refractivity contribution in [3.05, 3.63) is 59.7 Å². The summed E-state index contributed by atoms with van der Waals surface area (Å²) in [5, 5.41) is 5.82. The van der Waals surface area contributed by atoms with Gasteiger partial charge in [0, 0.05) is 29.7 Å². The summed E-state index contributed by atoms with van der Waals surface area (Å²) in [7, 11) is 0.